The van der Waals surface area contributed by atoms with Crippen molar-refractivity contribution in [2.75, 3.05) is 25.0 Å². The molecule has 26 heavy (non-hydrogen) atoms. The lowest BCUT2D eigenvalue weighted by molar-refractivity contribution is -0.159. The van der Waals surface area contributed by atoms with Crippen LogP contribution in [0.3, 0.4) is 0 Å². The number of nitrogens with zero attached hydrogens (tertiary/aromatic N) is 1. The summed E-state index contributed by atoms with van der Waals surface area (Å²) in [5, 5.41) is 2.79. The van der Waals surface area contributed by atoms with Gasteiger partial charge in [-0.25, -0.2) is 0 Å². The number of benzene rings is 1. The molecule has 0 spiro atoms. The van der Waals surface area contributed by atoms with Crippen LogP contribution in [-0.2, 0) is 20.7 Å². The Hall–Kier alpha value is -2.14. The number of ether oxygens (including phenoxy) is 1. The number of para-hydroxylation sites is 1. The van der Waals surface area contributed by atoms with Gasteiger partial charge in [0.2, 0.25) is 11.8 Å². The van der Waals surface area contributed by atoms with Crippen LogP contribution in [0.25, 0.3) is 0 Å². The average Bonchev–Trinajstić information content (AvgIpc) is 3.55. The number of anilines is 1. The van der Waals surface area contributed by atoms with Gasteiger partial charge in [0, 0.05) is 12.2 Å². The first kappa shape index (κ1) is 17.3. The number of carbonyl (C=O) groups is 2. The van der Waals surface area contributed by atoms with Crippen LogP contribution in [0.4, 0.5) is 5.69 Å². The van der Waals surface area contributed by atoms with Gasteiger partial charge in [0.25, 0.3) is 0 Å². The third kappa shape index (κ3) is 3.40. The van der Waals surface area contributed by atoms with Crippen LogP contribution in [0.2, 0.25) is 0 Å². The number of rotatable bonds is 6. The highest BCUT2D eigenvalue weighted by Gasteiger charge is 2.57. The second-order valence-corrected chi connectivity index (χ2v) is 7.69. The van der Waals surface area contributed by atoms with Crippen molar-refractivity contribution in [1.29, 1.82) is 0 Å². The van der Waals surface area contributed by atoms with E-state index in [4.69, 9.17) is 4.74 Å². The van der Waals surface area contributed by atoms with E-state index in [0.29, 0.717) is 37.1 Å². The Kier molecular flexibility index (Phi) is 4.57. The van der Waals surface area contributed by atoms with Gasteiger partial charge in [0.05, 0.1) is 25.2 Å². The molecular formula is C21H26N2O3. The molecule has 1 aliphatic heterocycles. The SMILES string of the molecule is C=CC(=O)Nc1ccccc1CC(=O)N1CCOC(C2CC2)(C2CC2)C1. The lowest BCUT2D eigenvalue weighted by Gasteiger charge is -2.44. The van der Waals surface area contributed by atoms with E-state index in [2.05, 4.69) is 11.9 Å². The maximum atomic E-state index is 13.0. The Balaban J connectivity index is 1.46. The van der Waals surface area contributed by atoms with E-state index in [-0.39, 0.29) is 17.4 Å². The molecule has 0 radical (unpaired) electrons. The number of carbonyl (C=O) groups excluding carboxylic acids is 2. The van der Waals surface area contributed by atoms with Crippen LogP contribution in [0.15, 0.2) is 36.9 Å². The summed E-state index contributed by atoms with van der Waals surface area (Å²) in [6.45, 7) is 5.49. The first-order valence-corrected chi connectivity index (χ1v) is 9.55. The van der Waals surface area contributed by atoms with Crippen LogP contribution in [-0.4, -0.2) is 42.0 Å². The number of hydrogen-bond donors (Lipinski definition) is 1. The van der Waals surface area contributed by atoms with E-state index in [0.717, 1.165) is 12.1 Å². The van der Waals surface area contributed by atoms with Crippen molar-refractivity contribution in [3.8, 4) is 0 Å². The molecule has 1 aromatic rings. The van der Waals surface area contributed by atoms with Crippen LogP contribution in [0.5, 0.6) is 0 Å². The highest BCUT2D eigenvalue weighted by atomic mass is 16.5. The van der Waals surface area contributed by atoms with Crippen molar-refractivity contribution in [3.63, 3.8) is 0 Å². The van der Waals surface area contributed by atoms with E-state index >= 15 is 0 Å². The Morgan fingerprint density at radius 3 is 2.58 bits per heavy atom. The summed E-state index contributed by atoms with van der Waals surface area (Å²) >= 11 is 0. The molecule has 1 N–H and O–H groups in total. The zero-order valence-electron chi connectivity index (χ0n) is 15.1. The van der Waals surface area contributed by atoms with Gasteiger partial charge in [0.1, 0.15) is 0 Å². The van der Waals surface area contributed by atoms with E-state index in [9.17, 15) is 9.59 Å². The minimum atomic E-state index is -0.266. The van der Waals surface area contributed by atoms with Crippen LogP contribution < -0.4 is 5.32 Å². The monoisotopic (exact) mass is 354 g/mol. The summed E-state index contributed by atoms with van der Waals surface area (Å²) < 4.78 is 6.27. The van der Waals surface area contributed by atoms with Crippen LogP contribution in [0, 0.1) is 11.8 Å². The minimum Gasteiger partial charge on any atom is -0.371 e. The predicted molar refractivity (Wildman–Crippen MR) is 99.7 cm³/mol. The van der Waals surface area contributed by atoms with Crippen molar-refractivity contribution in [2.24, 2.45) is 11.8 Å². The Labute approximate surface area is 154 Å². The highest BCUT2D eigenvalue weighted by molar-refractivity contribution is 5.99. The van der Waals surface area contributed by atoms with Crippen molar-refractivity contribution in [1.82, 2.24) is 4.90 Å². The number of nitrogens with one attached hydrogen (secondary N) is 1. The summed E-state index contributed by atoms with van der Waals surface area (Å²) in [6.07, 6.45) is 6.45. The Morgan fingerprint density at radius 2 is 1.92 bits per heavy atom. The second kappa shape index (κ2) is 6.88. The van der Waals surface area contributed by atoms with Gasteiger partial charge >= 0.3 is 0 Å². The van der Waals surface area contributed by atoms with Gasteiger partial charge in [-0.2, -0.15) is 0 Å². The smallest absolute Gasteiger partial charge is 0.247 e. The Morgan fingerprint density at radius 1 is 1.23 bits per heavy atom. The fraction of sp³-hybridized carbons (Fsp3) is 0.524. The van der Waals surface area contributed by atoms with E-state index in [1.165, 1.54) is 31.8 Å². The third-order valence-corrected chi connectivity index (χ3v) is 5.86. The number of hydrogen-bond acceptors (Lipinski definition) is 3. The van der Waals surface area contributed by atoms with Gasteiger partial charge in [-0.1, -0.05) is 24.8 Å². The summed E-state index contributed by atoms with van der Waals surface area (Å²) in [5.74, 6) is 1.10. The molecule has 5 nitrogen and oxygen atoms in total. The molecule has 5 heteroatoms. The molecule has 2 amide bonds. The van der Waals surface area contributed by atoms with Crippen molar-refractivity contribution >= 4 is 17.5 Å². The molecule has 3 aliphatic rings. The van der Waals surface area contributed by atoms with Crippen molar-refractivity contribution < 1.29 is 14.3 Å². The normalized spacial score (nSPS) is 21.9. The summed E-state index contributed by atoms with van der Waals surface area (Å²) in [6, 6.07) is 7.46. The van der Waals surface area contributed by atoms with Gasteiger partial charge in [-0.3, -0.25) is 9.59 Å². The topological polar surface area (TPSA) is 58.6 Å². The molecule has 0 aromatic heterocycles. The van der Waals surface area contributed by atoms with Crippen molar-refractivity contribution in [2.45, 2.75) is 37.7 Å². The first-order chi connectivity index (χ1) is 12.6. The largest absolute Gasteiger partial charge is 0.371 e. The fourth-order valence-electron chi connectivity index (χ4n) is 4.21. The second-order valence-electron chi connectivity index (χ2n) is 7.69. The van der Waals surface area contributed by atoms with Crippen LogP contribution in [0.1, 0.15) is 31.2 Å². The highest BCUT2D eigenvalue weighted by Crippen LogP contribution is 2.55. The summed E-state index contributed by atoms with van der Waals surface area (Å²) in [7, 11) is 0. The molecule has 2 aliphatic carbocycles. The van der Waals surface area contributed by atoms with E-state index in [1.807, 2.05) is 29.2 Å². The van der Waals surface area contributed by atoms with Gasteiger partial charge in [0.15, 0.2) is 0 Å². The molecule has 1 aromatic carbocycles. The molecule has 3 fully saturated rings. The molecule has 138 valence electrons. The molecule has 0 bridgehead atoms. The minimum absolute atomic E-state index is 0.0928. The van der Waals surface area contributed by atoms with Crippen molar-refractivity contribution in [3.05, 3.63) is 42.5 Å². The molecule has 1 saturated heterocycles. The molecule has 2 saturated carbocycles. The Bertz CT molecular complexity index is 710. The first-order valence-electron chi connectivity index (χ1n) is 9.55. The van der Waals surface area contributed by atoms with Gasteiger partial charge in [-0.05, 0) is 55.2 Å². The molecule has 1 heterocycles. The molecular weight excluding hydrogens is 328 g/mol. The zero-order valence-corrected chi connectivity index (χ0v) is 15.1. The maximum absolute atomic E-state index is 13.0. The average molecular weight is 354 g/mol. The zero-order chi connectivity index (χ0) is 18.1. The summed E-state index contributed by atoms with van der Waals surface area (Å²) in [4.78, 5) is 26.6. The third-order valence-electron chi connectivity index (χ3n) is 5.86. The molecule has 4 rings (SSSR count). The fourth-order valence-corrected chi connectivity index (χ4v) is 4.21. The maximum Gasteiger partial charge on any atom is 0.247 e. The summed E-state index contributed by atoms with van der Waals surface area (Å²) in [5.41, 5.74) is 1.42. The molecule has 0 unspecified atom stereocenters. The van der Waals surface area contributed by atoms with Gasteiger partial charge < -0.3 is 15.0 Å². The number of morpholine rings is 1. The standard InChI is InChI=1S/C21H26N2O3/c1-2-19(24)22-18-6-4-3-5-15(18)13-20(25)23-11-12-26-21(14-23,16-7-8-16)17-9-10-17/h2-6,16-17H,1,7-14H2,(H,22,24). The lowest BCUT2D eigenvalue weighted by atomic mass is 9.89. The van der Waals surface area contributed by atoms with Crippen LogP contribution >= 0.6 is 0 Å². The van der Waals surface area contributed by atoms with Gasteiger partial charge in [-0.15, -0.1) is 0 Å². The van der Waals surface area contributed by atoms with E-state index < -0.39 is 0 Å². The lowest BCUT2D eigenvalue weighted by Crippen LogP contribution is -2.56. The number of amides is 2. The quantitative estimate of drug-likeness (QED) is 0.799. The predicted octanol–water partition coefficient (Wildman–Crippen LogP) is 2.77. The van der Waals surface area contributed by atoms with E-state index in [1.54, 1.807) is 0 Å². The molecule has 0 atom stereocenters.